The van der Waals surface area contributed by atoms with Crippen molar-refractivity contribution >= 4 is 33.6 Å². The Hall–Kier alpha value is -0.290. The average molecular weight is 288 g/mol. The number of nitrogens with zero attached hydrogens (tertiary/aromatic N) is 2. The van der Waals surface area contributed by atoms with Gasteiger partial charge in [-0.2, -0.15) is 0 Å². The van der Waals surface area contributed by atoms with Gasteiger partial charge in [0.15, 0.2) is 0 Å². The van der Waals surface area contributed by atoms with Crippen LogP contribution in [0.1, 0.15) is 32.1 Å². The molecule has 2 rings (SSSR count). The molecule has 5 heteroatoms. The minimum atomic E-state index is 0.358. The van der Waals surface area contributed by atoms with E-state index in [0.717, 1.165) is 9.50 Å². The van der Waals surface area contributed by atoms with Gasteiger partial charge in [0.25, 0.3) is 0 Å². The molecule has 1 saturated carbocycles. The number of hydrogen-bond donors (Lipinski definition) is 1. The summed E-state index contributed by atoms with van der Waals surface area (Å²) >= 11 is 5.28. The van der Waals surface area contributed by atoms with Crippen molar-refractivity contribution in [1.29, 1.82) is 0 Å². The maximum atomic E-state index is 5.58. The lowest BCUT2D eigenvalue weighted by atomic mass is 10.0. The minimum Gasteiger partial charge on any atom is -0.368 e. The lowest BCUT2D eigenvalue weighted by Gasteiger charge is -2.20. The van der Waals surface area contributed by atoms with Crippen LogP contribution in [0.25, 0.3) is 0 Å². The van der Waals surface area contributed by atoms with Gasteiger partial charge in [-0.3, -0.25) is 0 Å². The van der Waals surface area contributed by atoms with Crippen LogP contribution >= 0.6 is 27.7 Å². The lowest BCUT2D eigenvalue weighted by molar-refractivity contribution is 0.515. The van der Waals surface area contributed by atoms with E-state index in [1.165, 1.54) is 32.1 Å². The molecule has 82 valence electrons. The van der Waals surface area contributed by atoms with Crippen molar-refractivity contribution in [3.05, 3.63) is 10.7 Å². The first-order valence-corrected chi connectivity index (χ1v) is 6.87. The van der Waals surface area contributed by atoms with Gasteiger partial charge in [0.1, 0.15) is 5.03 Å². The quantitative estimate of drug-likeness (QED) is 0.849. The second kappa shape index (κ2) is 5.16. The van der Waals surface area contributed by atoms with Crippen LogP contribution < -0.4 is 5.73 Å². The molecule has 0 atom stereocenters. The molecule has 0 aliphatic heterocycles. The number of aromatic nitrogens is 2. The van der Waals surface area contributed by atoms with Crippen molar-refractivity contribution in [3.63, 3.8) is 0 Å². The van der Waals surface area contributed by atoms with Crippen LogP contribution in [-0.4, -0.2) is 15.2 Å². The Balaban J connectivity index is 2.05. The third-order valence-corrected chi connectivity index (χ3v) is 4.74. The molecule has 1 aliphatic carbocycles. The fourth-order valence-corrected chi connectivity index (χ4v) is 3.46. The van der Waals surface area contributed by atoms with Gasteiger partial charge in [0.05, 0.1) is 4.47 Å². The topological polar surface area (TPSA) is 51.8 Å². The van der Waals surface area contributed by atoms with Gasteiger partial charge in [-0.25, -0.2) is 9.97 Å². The van der Waals surface area contributed by atoms with Crippen molar-refractivity contribution in [3.8, 4) is 0 Å². The first-order valence-electron chi connectivity index (χ1n) is 5.20. The summed E-state index contributed by atoms with van der Waals surface area (Å²) in [6.45, 7) is 0. The summed E-state index contributed by atoms with van der Waals surface area (Å²) in [5, 5.41) is 1.68. The van der Waals surface area contributed by atoms with Crippen LogP contribution in [0.5, 0.6) is 0 Å². The van der Waals surface area contributed by atoms with Crippen LogP contribution in [-0.2, 0) is 0 Å². The molecule has 0 aromatic carbocycles. The van der Waals surface area contributed by atoms with Gasteiger partial charge in [-0.15, -0.1) is 11.8 Å². The largest absolute Gasteiger partial charge is 0.368 e. The zero-order chi connectivity index (χ0) is 10.7. The van der Waals surface area contributed by atoms with Gasteiger partial charge < -0.3 is 5.73 Å². The summed E-state index contributed by atoms with van der Waals surface area (Å²) in [5.74, 6) is 0.358. The number of anilines is 1. The highest BCUT2D eigenvalue weighted by molar-refractivity contribution is 9.10. The van der Waals surface area contributed by atoms with Crippen LogP contribution in [0.3, 0.4) is 0 Å². The molecule has 0 saturated heterocycles. The lowest BCUT2D eigenvalue weighted by Crippen LogP contribution is -2.08. The van der Waals surface area contributed by atoms with Crippen LogP contribution in [0.2, 0.25) is 0 Å². The van der Waals surface area contributed by atoms with Crippen molar-refractivity contribution in [2.24, 2.45) is 0 Å². The fourth-order valence-electron chi connectivity index (χ4n) is 1.79. The number of halogens is 1. The molecule has 1 heterocycles. The van der Waals surface area contributed by atoms with E-state index in [2.05, 4.69) is 25.9 Å². The molecule has 0 radical (unpaired) electrons. The van der Waals surface area contributed by atoms with E-state index >= 15 is 0 Å². The normalized spacial score (nSPS) is 17.9. The molecule has 1 aromatic heterocycles. The number of thioether (sulfide) groups is 1. The smallest absolute Gasteiger partial charge is 0.221 e. The number of hydrogen-bond acceptors (Lipinski definition) is 4. The fraction of sp³-hybridized carbons (Fsp3) is 0.600. The highest BCUT2D eigenvalue weighted by Gasteiger charge is 2.16. The van der Waals surface area contributed by atoms with Gasteiger partial charge in [0, 0.05) is 11.4 Å². The molecule has 0 unspecified atom stereocenters. The molecule has 0 amide bonds. The van der Waals surface area contributed by atoms with Gasteiger partial charge in [-0.05, 0) is 28.8 Å². The molecule has 0 bridgehead atoms. The Kier molecular flexibility index (Phi) is 3.86. The molecule has 1 aromatic rings. The third kappa shape index (κ3) is 3.08. The Morgan fingerprint density at radius 2 is 2.07 bits per heavy atom. The van der Waals surface area contributed by atoms with E-state index in [-0.39, 0.29) is 0 Å². The molecular formula is C10H14BrN3S. The van der Waals surface area contributed by atoms with E-state index in [1.54, 1.807) is 6.20 Å². The van der Waals surface area contributed by atoms with Crippen molar-refractivity contribution < 1.29 is 0 Å². The summed E-state index contributed by atoms with van der Waals surface area (Å²) in [4.78, 5) is 8.19. The second-order valence-corrected chi connectivity index (χ2v) is 5.90. The highest BCUT2D eigenvalue weighted by Crippen LogP contribution is 2.35. The monoisotopic (exact) mass is 287 g/mol. The first-order chi connectivity index (χ1) is 7.25. The molecule has 1 aliphatic rings. The van der Waals surface area contributed by atoms with Gasteiger partial charge >= 0.3 is 0 Å². The Morgan fingerprint density at radius 1 is 1.33 bits per heavy atom. The average Bonchev–Trinajstić information content (AvgIpc) is 2.25. The Bertz CT molecular complexity index is 339. The van der Waals surface area contributed by atoms with Gasteiger partial charge in [-0.1, -0.05) is 19.3 Å². The number of nitrogen functional groups attached to an aromatic ring is 1. The predicted molar refractivity (Wildman–Crippen MR) is 66.9 cm³/mol. The molecule has 3 nitrogen and oxygen atoms in total. The number of nitrogens with two attached hydrogens (primary N) is 1. The number of rotatable bonds is 2. The second-order valence-electron chi connectivity index (χ2n) is 3.76. The summed E-state index contributed by atoms with van der Waals surface area (Å²) in [7, 11) is 0. The van der Waals surface area contributed by atoms with Crippen LogP contribution in [0.15, 0.2) is 15.7 Å². The predicted octanol–water partition coefficient (Wildman–Crippen LogP) is 3.25. The highest BCUT2D eigenvalue weighted by atomic mass is 79.9. The minimum absolute atomic E-state index is 0.358. The SMILES string of the molecule is Nc1ncc(Br)c(SC2CCCCC2)n1. The summed E-state index contributed by atoms with van der Waals surface area (Å²) in [5.41, 5.74) is 5.58. The van der Waals surface area contributed by atoms with E-state index in [0.29, 0.717) is 11.2 Å². The van der Waals surface area contributed by atoms with Crippen molar-refractivity contribution in [2.45, 2.75) is 42.4 Å². The van der Waals surface area contributed by atoms with E-state index < -0.39 is 0 Å². The molecular weight excluding hydrogens is 274 g/mol. The van der Waals surface area contributed by atoms with Crippen LogP contribution in [0.4, 0.5) is 5.95 Å². The molecule has 15 heavy (non-hydrogen) atoms. The molecule has 1 fully saturated rings. The molecule has 2 N–H and O–H groups in total. The Morgan fingerprint density at radius 3 is 2.80 bits per heavy atom. The zero-order valence-electron chi connectivity index (χ0n) is 8.45. The van der Waals surface area contributed by atoms with E-state index in [9.17, 15) is 0 Å². The Labute approximate surface area is 102 Å². The maximum Gasteiger partial charge on any atom is 0.221 e. The van der Waals surface area contributed by atoms with E-state index in [4.69, 9.17) is 5.73 Å². The molecule has 0 spiro atoms. The summed E-state index contributed by atoms with van der Waals surface area (Å²) in [6, 6.07) is 0. The van der Waals surface area contributed by atoms with Crippen LogP contribution in [0, 0.1) is 0 Å². The van der Waals surface area contributed by atoms with Crippen molar-refractivity contribution in [2.75, 3.05) is 5.73 Å². The summed E-state index contributed by atoms with van der Waals surface area (Å²) < 4.78 is 0.951. The summed E-state index contributed by atoms with van der Waals surface area (Å²) in [6.07, 6.45) is 8.38. The van der Waals surface area contributed by atoms with Gasteiger partial charge in [0.2, 0.25) is 5.95 Å². The maximum absolute atomic E-state index is 5.58. The first kappa shape index (κ1) is 11.2. The van der Waals surface area contributed by atoms with Crippen molar-refractivity contribution in [1.82, 2.24) is 9.97 Å². The third-order valence-electron chi connectivity index (χ3n) is 2.56. The zero-order valence-corrected chi connectivity index (χ0v) is 10.9. The standard InChI is InChI=1S/C10H14BrN3S/c11-8-6-13-10(12)14-9(8)15-7-4-2-1-3-5-7/h6-7H,1-5H2,(H2,12,13,14). The van der Waals surface area contributed by atoms with E-state index in [1.807, 2.05) is 11.8 Å².